The van der Waals surface area contributed by atoms with Gasteiger partial charge >= 0.3 is 0 Å². The van der Waals surface area contributed by atoms with E-state index >= 15 is 0 Å². The fraction of sp³-hybridized carbons (Fsp3) is 0.250. The third-order valence-corrected chi connectivity index (χ3v) is 3.37. The molecule has 2 nitrogen and oxygen atoms in total. The highest BCUT2D eigenvalue weighted by atomic mass is 35.5. The predicted molar refractivity (Wildman–Crippen MR) is 69.9 cm³/mol. The van der Waals surface area contributed by atoms with Crippen molar-refractivity contribution >= 4 is 23.1 Å². The van der Waals surface area contributed by atoms with Gasteiger partial charge < -0.3 is 5.32 Å². The Morgan fingerprint density at radius 2 is 2.19 bits per heavy atom. The van der Waals surface area contributed by atoms with Gasteiger partial charge in [0.15, 0.2) is 0 Å². The van der Waals surface area contributed by atoms with Crippen LogP contribution in [-0.4, -0.2) is 10.9 Å². The smallest absolute Gasteiger partial charge is 0.0858 e. The first-order valence-electron chi connectivity index (χ1n) is 5.22. The Hall–Kier alpha value is -0.900. The molecule has 16 heavy (non-hydrogen) atoms. The first kappa shape index (κ1) is 11.6. The Morgan fingerprint density at radius 3 is 2.94 bits per heavy atom. The quantitative estimate of drug-likeness (QED) is 0.900. The van der Waals surface area contributed by atoms with Crippen molar-refractivity contribution in [2.24, 2.45) is 0 Å². The molecule has 0 aliphatic carbocycles. The first-order valence-corrected chi connectivity index (χ1v) is 6.37. The Morgan fingerprint density at radius 1 is 1.38 bits per heavy atom. The first-order chi connectivity index (χ1) is 7.81. The van der Waals surface area contributed by atoms with E-state index in [9.17, 15) is 0 Å². The number of nitrogens with zero attached hydrogens (tertiary/aromatic N) is 1. The summed E-state index contributed by atoms with van der Waals surface area (Å²) in [5.74, 6) is 0. The molecule has 0 atom stereocenters. The van der Waals surface area contributed by atoms with Gasteiger partial charge in [-0.15, -0.1) is 0 Å². The molecule has 0 fully saturated rings. The summed E-state index contributed by atoms with van der Waals surface area (Å²) in [7, 11) is 0. The van der Waals surface area contributed by atoms with E-state index in [0.717, 1.165) is 29.4 Å². The van der Waals surface area contributed by atoms with E-state index in [4.69, 9.17) is 11.6 Å². The highest BCUT2D eigenvalue weighted by Gasteiger charge is 2.07. The number of hydrogen-bond acceptors (Lipinski definition) is 3. The molecule has 0 saturated heterocycles. The van der Waals surface area contributed by atoms with E-state index in [-0.39, 0.29) is 0 Å². The van der Waals surface area contributed by atoms with E-state index in [1.807, 2.05) is 24.3 Å². The van der Waals surface area contributed by atoms with Gasteiger partial charge in [0.1, 0.15) is 0 Å². The zero-order chi connectivity index (χ0) is 11.4. The lowest BCUT2D eigenvalue weighted by molar-refractivity contribution is 0.735. The summed E-state index contributed by atoms with van der Waals surface area (Å²) in [6.45, 7) is 3.94. The standard InChI is InChI=1S/C12H13ClN2S/c1-2-14-8-9-7-12(15-16-9)10-5-3-4-6-11(10)13/h3-7,14H,2,8H2,1H3. The molecule has 0 radical (unpaired) electrons. The van der Waals surface area contributed by atoms with Gasteiger partial charge in [-0.25, -0.2) is 0 Å². The van der Waals surface area contributed by atoms with Gasteiger partial charge in [0.25, 0.3) is 0 Å². The van der Waals surface area contributed by atoms with E-state index < -0.39 is 0 Å². The minimum absolute atomic E-state index is 0.753. The molecule has 1 heterocycles. The Kier molecular flexibility index (Phi) is 3.93. The summed E-state index contributed by atoms with van der Waals surface area (Å²) in [6, 6.07) is 9.88. The van der Waals surface area contributed by atoms with Crippen molar-refractivity contribution in [1.29, 1.82) is 0 Å². The van der Waals surface area contributed by atoms with Gasteiger partial charge in [0, 0.05) is 22.0 Å². The van der Waals surface area contributed by atoms with Crippen molar-refractivity contribution in [3.05, 3.63) is 40.2 Å². The molecule has 0 unspecified atom stereocenters. The fourth-order valence-electron chi connectivity index (χ4n) is 1.44. The van der Waals surface area contributed by atoms with Crippen LogP contribution in [0.1, 0.15) is 11.8 Å². The predicted octanol–water partition coefficient (Wildman–Crippen LogP) is 3.57. The van der Waals surface area contributed by atoms with Gasteiger partial charge in [-0.05, 0) is 30.2 Å². The van der Waals surface area contributed by atoms with Crippen molar-refractivity contribution in [3.8, 4) is 11.3 Å². The fourth-order valence-corrected chi connectivity index (χ4v) is 2.37. The number of halogens is 1. The van der Waals surface area contributed by atoms with Crippen LogP contribution in [0.4, 0.5) is 0 Å². The highest BCUT2D eigenvalue weighted by molar-refractivity contribution is 7.06. The van der Waals surface area contributed by atoms with Crippen molar-refractivity contribution in [1.82, 2.24) is 9.69 Å². The van der Waals surface area contributed by atoms with Crippen LogP contribution in [0.25, 0.3) is 11.3 Å². The SMILES string of the molecule is CCNCc1cc(-c2ccccc2Cl)ns1. The molecule has 1 N–H and O–H groups in total. The lowest BCUT2D eigenvalue weighted by Crippen LogP contribution is -2.10. The van der Waals surface area contributed by atoms with Crippen LogP contribution >= 0.6 is 23.1 Å². The van der Waals surface area contributed by atoms with Crippen LogP contribution in [0.15, 0.2) is 30.3 Å². The van der Waals surface area contributed by atoms with Crippen LogP contribution in [0.5, 0.6) is 0 Å². The van der Waals surface area contributed by atoms with Crippen LogP contribution in [0, 0.1) is 0 Å². The maximum atomic E-state index is 6.12. The Bertz CT molecular complexity index is 468. The summed E-state index contributed by atoms with van der Waals surface area (Å²) in [4.78, 5) is 1.23. The number of hydrogen-bond donors (Lipinski definition) is 1. The number of rotatable bonds is 4. The number of nitrogens with one attached hydrogen (secondary N) is 1. The maximum Gasteiger partial charge on any atom is 0.0858 e. The lowest BCUT2D eigenvalue weighted by Gasteiger charge is -1.98. The molecule has 0 bridgehead atoms. The van der Waals surface area contributed by atoms with Gasteiger partial charge in [0.2, 0.25) is 0 Å². The van der Waals surface area contributed by atoms with Crippen LogP contribution < -0.4 is 5.32 Å². The molecule has 0 amide bonds. The van der Waals surface area contributed by atoms with Crippen LogP contribution in [-0.2, 0) is 6.54 Å². The second-order valence-electron chi connectivity index (χ2n) is 3.44. The van der Waals surface area contributed by atoms with E-state index in [2.05, 4.69) is 22.7 Å². The second-order valence-corrected chi connectivity index (χ2v) is 4.74. The van der Waals surface area contributed by atoms with Crippen molar-refractivity contribution < 1.29 is 0 Å². The summed E-state index contributed by atoms with van der Waals surface area (Å²) in [5, 5.41) is 4.03. The summed E-state index contributed by atoms with van der Waals surface area (Å²) >= 11 is 7.64. The molecular formula is C12H13ClN2S. The average Bonchev–Trinajstić information content (AvgIpc) is 2.75. The Labute approximate surface area is 104 Å². The molecule has 0 aliphatic rings. The molecular weight excluding hydrogens is 240 g/mol. The van der Waals surface area contributed by atoms with E-state index in [0.29, 0.717) is 0 Å². The van der Waals surface area contributed by atoms with Crippen LogP contribution in [0.3, 0.4) is 0 Å². The zero-order valence-electron chi connectivity index (χ0n) is 9.03. The monoisotopic (exact) mass is 252 g/mol. The molecule has 4 heteroatoms. The van der Waals surface area contributed by atoms with Crippen molar-refractivity contribution in [2.45, 2.75) is 13.5 Å². The van der Waals surface area contributed by atoms with Gasteiger partial charge in [0.05, 0.1) is 5.69 Å². The van der Waals surface area contributed by atoms with Crippen molar-refractivity contribution in [2.75, 3.05) is 6.54 Å². The van der Waals surface area contributed by atoms with Gasteiger partial charge in [-0.3, -0.25) is 0 Å². The van der Waals surface area contributed by atoms with Crippen LogP contribution in [0.2, 0.25) is 5.02 Å². The normalized spacial score (nSPS) is 10.6. The minimum Gasteiger partial charge on any atom is -0.312 e. The number of aromatic nitrogens is 1. The zero-order valence-corrected chi connectivity index (χ0v) is 10.6. The molecule has 1 aromatic heterocycles. The highest BCUT2D eigenvalue weighted by Crippen LogP contribution is 2.28. The molecule has 2 rings (SSSR count). The maximum absolute atomic E-state index is 6.12. The third kappa shape index (κ3) is 2.61. The molecule has 0 saturated carbocycles. The lowest BCUT2D eigenvalue weighted by atomic mass is 10.1. The third-order valence-electron chi connectivity index (χ3n) is 2.26. The molecule has 2 aromatic rings. The minimum atomic E-state index is 0.753. The summed E-state index contributed by atoms with van der Waals surface area (Å²) in [5.41, 5.74) is 1.96. The largest absolute Gasteiger partial charge is 0.312 e. The van der Waals surface area contributed by atoms with E-state index in [1.165, 1.54) is 16.4 Å². The number of benzene rings is 1. The summed E-state index contributed by atoms with van der Waals surface area (Å²) < 4.78 is 4.42. The van der Waals surface area contributed by atoms with Gasteiger partial charge in [-0.2, -0.15) is 4.37 Å². The Balaban J connectivity index is 2.22. The van der Waals surface area contributed by atoms with E-state index in [1.54, 1.807) is 0 Å². The second kappa shape index (κ2) is 5.43. The topological polar surface area (TPSA) is 24.9 Å². The molecule has 84 valence electrons. The summed E-state index contributed by atoms with van der Waals surface area (Å²) in [6.07, 6.45) is 0. The van der Waals surface area contributed by atoms with Crippen molar-refractivity contribution in [3.63, 3.8) is 0 Å². The molecule has 1 aromatic carbocycles. The van der Waals surface area contributed by atoms with Gasteiger partial charge in [-0.1, -0.05) is 36.7 Å². The molecule has 0 spiro atoms. The average molecular weight is 253 g/mol. The molecule has 0 aliphatic heterocycles.